The number of carbonyl (C=O) groups excluding carboxylic acids is 3. The van der Waals surface area contributed by atoms with Crippen molar-refractivity contribution in [1.82, 2.24) is 0 Å². The first-order valence-electron chi connectivity index (χ1n) is 12.9. The van der Waals surface area contributed by atoms with Crippen LogP contribution in [0.5, 0.6) is 0 Å². The molecule has 0 N–H and O–H groups in total. The van der Waals surface area contributed by atoms with Gasteiger partial charge in [0.25, 0.3) is 0 Å². The molecular formula is C27H42O5. The highest BCUT2D eigenvalue weighted by atomic mass is 16.5. The summed E-state index contributed by atoms with van der Waals surface area (Å²) in [6, 6.07) is 0. The SMILES string of the molecule is COC(=O)CC[C@H](C)[C@@H]1CC[C@@H]2[C@@H]3CC[C@@H]4C[C@H](OC(C)=O)CC[C@]4(C)[C@@H]3CC(=O)[C@]21C. The fourth-order valence-corrected chi connectivity index (χ4v) is 8.86. The van der Waals surface area contributed by atoms with Crippen LogP contribution < -0.4 is 0 Å². The molecule has 5 nitrogen and oxygen atoms in total. The van der Waals surface area contributed by atoms with Gasteiger partial charge in [0.2, 0.25) is 0 Å². The van der Waals surface area contributed by atoms with Crippen molar-refractivity contribution in [2.75, 3.05) is 7.11 Å². The van der Waals surface area contributed by atoms with Crippen LogP contribution in [0.1, 0.15) is 91.9 Å². The largest absolute Gasteiger partial charge is 0.469 e. The number of carbonyl (C=O) groups is 3. The molecule has 0 aliphatic heterocycles. The zero-order valence-electron chi connectivity index (χ0n) is 20.7. The lowest BCUT2D eigenvalue weighted by atomic mass is 9.44. The Labute approximate surface area is 193 Å². The van der Waals surface area contributed by atoms with Gasteiger partial charge in [-0.15, -0.1) is 0 Å². The van der Waals surface area contributed by atoms with Crippen molar-refractivity contribution in [3.05, 3.63) is 0 Å². The topological polar surface area (TPSA) is 69.7 Å². The third-order valence-corrected chi connectivity index (χ3v) is 10.6. The highest BCUT2D eigenvalue weighted by Gasteiger charge is 2.64. The lowest BCUT2D eigenvalue weighted by Gasteiger charge is -2.60. The van der Waals surface area contributed by atoms with Crippen LogP contribution in [0.2, 0.25) is 0 Å². The van der Waals surface area contributed by atoms with Crippen molar-refractivity contribution in [2.24, 2.45) is 46.3 Å². The summed E-state index contributed by atoms with van der Waals surface area (Å²) in [7, 11) is 1.45. The Hall–Kier alpha value is -1.39. The number of ketones is 1. The van der Waals surface area contributed by atoms with Gasteiger partial charge in [0, 0.05) is 25.2 Å². The number of hydrogen-bond acceptors (Lipinski definition) is 5. The minimum atomic E-state index is -0.241. The average molecular weight is 447 g/mol. The quantitative estimate of drug-likeness (QED) is 0.533. The highest BCUT2D eigenvalue weighted by Crippen LogP contribution is 2.67. The highest BCUT2D eigenvalue weighted by molar-refractivity contribution is 5.87. The van der Waals surface area contributed by atoms with Gasteiger partial charge in [0.05, 0.1) is 7.11 Å². The number of esters is 2. The van der Waals surface area contributed by atoms with Gasteiger partial charge in [0.15, 0.2) is 0 Å². The van der Waals surface area contributed by atoms with Gasteiger partial charge in [-0.2, -0.15) is 0 Å². The Kier molecular flexibility index (Phi) is 6.50. The predicted octanol–water partition coefficient (Wildman–Crippen LogP) is 5.35. The maximum absolute atomic E-state index is 13.8. The second-order valence-electron chi connectivity index (χ2n) is 11.8. The first-order chi connectivity index (χ1) is 15.1. The van der Waals surface area contributed by atoms with Crippen molar-refractivity contribution in [2.45, 2.75) is 98.0 Å². The summed E-state index contributed by atoms with van der Waals surface area (Å²) in [5.74, 6) is 3.00. The summed E-state index contributed by atoms with van der Waals surface area (Å²) in [4.78, 5) is 37.0. The van der Waals surface area contributed by atoms with Crippen LogP contribution in [0, 0.1) is 46.3 Å². The molecular weight excluding hydrogens is 404 g/mol. The third-order valence-electron chi connectivity index (χ3n) is 10.6. The molecule has 32 heavy (non-hydrogen) atoms. The molecule has 4 rings (SSSR count). The number of ether oxygens (including phenoxy) is 2. The molecule has 5 heteroatoms. The second kappa shape index (κ2) is 8.76. The van der Waals surface area contributed by atoms with Gasteiger partial charge in [-0.05, 0) is 92.3 Å². The fraction of sp³-hybridized carbons (Fsp3) is 0.889. The predicted molar refractivity (Wildman–Crippen MR) is 122 cm³/mol. The van der Waals surface area contributed by atoms with E-state index in [0.717, 1.165) is 38.5 Å². The van der Waals surface area contributed by atoms with E-state index >= 15 is 0 Å². The van der Waals surface area contributed by atoms with Crippen molar-refractivity contribution in [3.8, 4) is 0 Å². The van der Waals surface area contributed by atoms with E-state index in [2.05, 4.69) is 20.8 Å². The van der Waals surface area contributed by atoms with Gasteiger partial charge >= 0.3 is 11.9 Å². The van der Waals surface area contributed by atoms with E-state index in [1.165, 1.54) is 26.9 Å². The van der Waals surface area contributed by atoms with Crippen LogP contribution in [0.4, 0.5) is 0 Å². The molecule has 4 saturated carbocycles. The Morgan fingerprint density at radius 1 is 1.09 bits per heavy atom. The maximum atomic E-state index is 13.8. The number of fused-ring (bicyclic) bond motifs is 5. The van der Waals surface area contributed by atoms with Crippen LogP contribution >= 0.6 is 0 Å². The molecule has 0 aromatic rings. The molecule has 4 aliphatic carbocycles. The minimum absolute atomic E-state index is 0.0539. The molecule has 4 fully saturated rings. The van der Waals surface area contributed by atoms with Crippen LogP contribution in [-0.4, -0.2) is 30.9 Å². The smallest absolute Gasteiger partial charge is 0.305 e. The van der Waals surface area contributed by atoms with Gasteiger partial charge < -0.3 is 9.47 Å². The first kappa shape index (κ1) is 23.8. The zero-order valence-corrected chi connectivity index (χ0v) is 20.7. The van der Waals surface area contributed by atoms with E-state index in [1.807, 2.05) is 0 Å². The minimum Gasteiger partial charge on any atom is -0.469 e. The Balaban J connectivity index is 1.50. The molecule has 0 aromatic heterocycles. The van der Waals surface area contributed by atoms with Gasteiger partial charge in [-0.25, -0.2) is 0 Å². The average Bonchev–Trinajstić information content (AvgIpc) is 3.11. The summed E-state index contributed by atoms with van der Waals surface area (Å²) in [5, 5.41) is 0. The summed E-state index contributed by atoms with van der Waals surface area (Å²) in [6.07, 6.45) is 9.61. The number of Topliss-reactive ketones (excluding diaryl/α,β-unsaturated/α-hetero) is 1. The normalized spacial score (nSPS) is 44.1. The van der Waals surface area contributed by atoms with Crippen molar-refractivity contribution < 1.29 is 23.9 Å². The maximum Gasteiger partial charge on any atom is 0.305 e. The standard InChI is InChI=1S/C27H42O5/c1-16(6-11-25(30)31-5)21-9-10-22-20-8-7-18-14-19(32-17(2)28)12-13-26(18,3)23(20)15-24(29)27(21,22)4/h16,18-23H,6-15H2,1-5H3/t16-,18+,19+,20-,21-,22+,23+,26-,27-/m0/s1. The van der Waals surface area contributed by atoms with E-state index in [0.29, 0.717) is 54.1 Å². The lowest BCUT2D eigenvalue weighted by Crippen LogP contribution is -2.57. The van der Waals surface area contributed by atoms with Crippen molar-refractivity contribution >= 4 is 17.7 Å². The third kappa shape index (κ3) is 3.81. The van der Waals surface area contributed by atoms with Crippen molar-refractivity contribution in [3.63, 3.8) is 0 Å². The molecule has 0 saturated heterocycles. The van der Waals surface area contributed by atoms with Crippen LogP contribution in [0.3, 0.4) is 0 Å². The van der Waals surface area contributed by atoms with Crippen LogP contribution in [0.15, 0.2) is 0 Å². The molecule has 0 amide bonds. The Morgan fingerprint density at radius 3 is 2.53 bits per heavy atom. The van der Waals surface area contributed by atoms with E-state index in [9.17, 15) is 14.4 Å². The Bertz CT molecular complexity index is 761. The zero-order chi connectivity index (χ0) is 23.3. The van der Waals surface area contributed by atoms with E-state index in [-0.39, 0.29) is 28.9 Å². The second-order valence-corrected chi connectivity index (χ2v) is 11.8. The fourth-order valence-electron chi connectivity index (χ4n) is 8.86. The molecule has 180 valence electrons. The monoisotopic (exact) mass is 446 g/mol. The molecule has 0 spiro atoms. The van der Waals surface area contributed by atoms with Crippen molar-refractivity contribution in [1.29, 1.82) is 0 Å². The van der Waals surface area contributed by atoms with Gasteiger partial charge in [-0.3, -0.25) is 14.4 Å². The van der Waals surface area contributed by atoms with E-state index in [4.69, 9.17) is 9.47 Å². The Morgan fingerprint density at radius 2 is 1.84 bits per heavy atom. The molecule has 0 radical (unpaired) electrons. The summed E-state index contributed by atoms with van der Waals surface area (Å²) in [5.41, 5.74) is -0.0556. The van der Waals surface area contributed by atoms with Gasteiger partial charge in [0.1, 0.15) is 11.9 Å². The van der Waals surface area contributed by atoms with Crippen LogP contribution in [0.25, 0.3) is 0 Å². The lowest BCUT2D eigenvalue weighted by molar-refractivity contribution is -0.167. The molecule has 0 unspecified atom stereocenters. The summed E-state index contributed by atoms with van der Waals surface area (Å²) in [6.45, 7) is 8.43. The summed E-state index contributed by atoms with van der Waals surface area (Å²) < 4.78 is 10.4. The first-order valence-corrected chi connectivity index (χ1v) is 12.9. The number of methoxy groups -OCH3 is 1. The van der Waals surface area contributed by atoms with Gasteiger partial charge in [-0.1, -0.05) is 20.8 Å². The molecule has 0 aromatic carbocycles. The van der Waals surface area contributed by atoms with E-state index < -0.39 is 0 Å². The van der Waals surface area contributed by atoms with Crippen LogP contribution in [-0.2, 0) is 23.9 Å². The molecule has 0 heterocycles. The summed E-state index contributed by atoms with van der Waals surface area (Å²) >= 11 is 0. The number of rotatable bonds is 5. The molecule has 4 aliphatic rings. The number of hydrogen-bond donors (Lipinski definition) is 0. The van der Waals surface area contributed by atoms with E-state index in [1.54, 1.807) is 0 Å². The molecule has 9 atom stereocenters. The molecule has 0 bridgehead atoms.